The van der Waals surface area contributed by atoms with Gasteiger partial charge < -0.3 is 14.6 Å². The number of aromatic carboxylic acids is 1. The van der Waals surface area contributed by atoms with Crippen LogP contribution in [0.4, 0.5) is 0 Å². The number of carboxylic acid groups (broad SMARTS) is 1. The zero-order valence-corrected chi connectivity index (χ0v) is 10.5. The van der Waals surface area contributed by atoms with Crippen LogP contribution in [0.5, 0.6) is 11.5 Å². The number of benzene rings is 1. The molecule has 0 aliphatic rings. The Morgan fingerprint density at radius 3 is 2.56 bits per heavy atom. The summed E-state index contributed by atoms with van der Waals surface area (Å²) in [7, 11) is 2.99. The first-order valence-electron chi connectivity index (χ1n) is 5.02. The van der Waals surface area contributed by atoms with Gasteiger partial charge in [0, 0.05) is 11.5 Å². The molecule has 2 aromatic rings. The number of fused-ring (bicyclic) bond motifs is 1. The molecule has 0 fully saturated rings. The lowest BCUT2D eigenvalue weighted by atomic mass is 10.1. The topological polar surface area (TPSA) is 68.7 Å². The van der Waals surface area contributed by atoms with Crippen LogP contribution in [0.2, 0.25) is 5.02 Å². The van der Waals surface area contributed by atoms with Crippen LogP contribution < -0.4 is 9.47 Å². The molecule has 1 aromatic carbocycles. The van der Waals surface area contributed by atoms with Gasteiger partial charge in [-0.2, -0.15) is 0 Å². The number of pyridine rings is 1. The van der Waals surface area contributed by atoms with Gasteiger partial charge in [-0.15, -0.1) is 0 Å². The van der Waals surface area contributed by atoms with Crippen molar-refractivity contribution in [1.82, 2.24) is 4.98 Å². The van der Waals surface area contributed by atoms with E-state index >= 15 is 0 Å². The molecule has 0 radical (unpaired) electrons. The number of ether oxygens (including phenoxy) is 2. The smallest absolute Gasteiger partial charge is 0.354 e. The highest BCUT2D eigenvalue weighted by Crippen LogP contribution is 2.34. The molecule has 0 saturated heterocycles. The molecule has 94 valence electrons. The summed E-state index contributed by atoms with van der Waals surface area (Å²) in [5, 5.41) is 9.81. The molecule has 0 aliphatic carbocycles. The second-order valence-electron chi connectivity index (χ2n) is 3.52. The van der Waals surface area contributed by atoms with Gasteiger partial charge in [-0.25, -0.2) is 9.78 Å². The van der Waals surface area contributed by atoms with Gasteiger partial charge in [0.15, 0.2) is 5.69 Å². The van der Waals surface area contributed by atoms with Crippen molar-refractivity contribution in [3.63, 3.8) is 0 Å². The van der Waals surface area contributed by atoms with Gasteiger partial charge in [0.1, 0.15) is 17.0 Å². The quantitative estimate of drug-likeness (QED) is 0.926. The summed E-state index contributed by atoms with van der Waals surface area (Å²) in [4.78, 5) is 15.0. The predicted octanol–water partition coefficient (Wildman–Crippen LogP) is 2.60. The molecule has 0 amide bonds. The lowest BCUT2D eigenvalue weighted by molar-refractivity contribution is 0.0691. The van der Waals surface area contributed by atoms with Crippen LogP contribution >= 0.6 is 11.6 Å². The maximum atomic E-state index is 10.9. The van der Waals surface area contributed by atoms with E-state index < -0.39 is 5.97 Å². The van der Waals surface area contributed by atoms with Crippen molar-refractivity contribution in [3.8, 4) is 11.5 Å². The Morgan fingerprint density at radius 2 is 2.00 bits per heavy atom. The zero-order chi connectivity index (χ0) is 13.3. The molecule has 2 rings (SSSR count). The number of aromatic nitrogens is 1. The SMILES string of the molecule is COc1cc(OC)c2nc(C(=O)O)cc(Cl)c2c1. The van der Waals surface area contributed by atoms with Crippen LogP contribution in [0.3, 0.4) is 0 Å². The van der Waals surface area contributed by atoms with E-state index in [0.717, 1.165) is 0 Å². The number of carbonyl (C=O) groups is 1. The van der Waals surface area contributed by atoms with E-state index in [1.54, 1.807) is 12.1 Å². The van der Waals surface area contributed by atoms with E-state index in [1.165, 1.54) is 20.3 Å². The van der Waals surface area contributed by atoms with Crippen molar-refractivity contribution < 1.29 is 19.4 Å². The van der Waals surface area contributed by atoms with E-state index in [4.69, 9.17) is 26.2 Å². The maximum absolute atomic E-state index is 10.9. The number of methoxy groups -OCH3 is 2. The highest BCUT2D eigenvalue weighted by Gasteiger charge is 2.14. The third-order valence-corrected chi connectivity index (χ3v) is 2.79. The maximum Gasteiger partial charge on any atom is 0.354 e. The Kier molecular flexibility index (Phi) is 3.25. The van der Waals surface area contributed by atoms with Crippen LogP contribution in [0.1, 0.15) is 10.5 Å². The van der Waals surface area contributed by atoms with Gasteiger partial charge in [0.05, 0.1) is 19.2 Å². The lowest BCUT2D eigenvalue weighted by Crippen LogP contribution is -2.01. The molecule has 1 aromatic heterocycles. The second kappa shape index (κ2) is 4.70. The molecular formula is C12H10ClNO4. The number of rotatable bonds is 3. The van der Waals surface area contributed by atoms with Crippen LogP contribution in [0.15, 0.2) is 18.2 Å². The first kappa shape index (κ1) is 12.4. The highest BCUT2D eigenvalue weighted by atomic mass is 35.5. The number of nitrogens with zero attached hydrogens (tertiary/aromatic N) is 1. The summed E-state index contributed by atoms with van der Waals surface area (Å²) in [6.07, 6.45) is 0. The third-order valence-electron chi connectivity index (χ3n) is 2.48. The summed E-state index contributed by atoms with van der Waals surface area (Å²) >= 11 is 6.05. The van der Waals surface area contributed by atoms with E-state index in [2.05, 4.69) is 4.98 Å². The summed E-state index contributed by atoms with van der Waals surface area (Å²) in [6.45, 7) is 0. The van der Waals surface area contributed by atoms with Crippen molar-refractivity contribution in [2.45, 2.75) is 0 Å². The van der Waals surface area contributed by atoms with Crippen molar-refractivity contribution in [2.75, 3.05) is 14.2 Å². The van der Waals surface area contributed by atoms with Crippen LogP contribution in [-0.4, -0.2) is 30.3 Å². The van der Waals surface area contributed by atoms with Crippen molar-refractivity contribution in [1.29, 1.82) is 0 Å². The number of halogens is 1. The van der Waals surface area contributed by atoms with Crippen LogP contribution in [0.25, 0.3) is 10.9 Å². The van der Waals surface area contributed by atoms with E-state index in [9.17, 15) is 4.79 Å². The number of hydrogen-bond acceptors (Lipinski definition) is 4. The average Bonchev–Trinajstić information content (AvgIpc) is 2.37. The van der Waals surface area contributed by atoms with Gasteiger partial charge in [0.2, 0.25) is 0 Å². The fourth-order valence-electron chi connectivity index (χ4n) is 1.61. The van der Waals surface area contributed by atoms with E-state index in [0.29, 0.717) is 22.4 Å². The number of carboxylic acids is 1. The molecule has 18 heavy (non-hydrogen) atoms. The molecule has 5 nitrogen and oxygen atoms in total. The van der Waals surface area contributed by atoms with Gasteiger partial charge >= 0.3 is 5.97 Å². The van der Waals surface area contributed by atoms with E-state index in [-0.39, 0.29) is 10.7 Å². The first-order chi connectivity index (χ1) is 8.56. The Labute approximate surface area is 108 Å². The van der Waals surface area contributed by atoms with Crippen LogP contribution in [-0.2, 0) is 0 Å². The fourth-order valence-corrected chi connectivity index (χ4v) is 1.86. The molecule has 6 heteroatoms. The van der Waals surface area contributed by atoms with Crippen LogP contribution in [0, 0.1) is 0 Å². The minimum Gasteiger partial charge on any atom is -0.497 e. The number of hydrogen-bond donors (Lipinski definition) is 1. The summed E-state index contributed by atoms with van der Waals surface area (Å²) in [5.74, 6) is -0.169. The van der Waals surface area contributed by atoms with Gasteiger partial charge in [0.25, 0.3) is 0 Å². The zero-order valence-electron chi connectivity index (χ0n) is 9.73. The van der Waals surface area contributed by atoms with Gasteiger partial charge in [-0.3, -0.25) is 0 Å². The molecular weight excluding hydrogens is 258 g/mol. The van der Waals surface area contributed by atoms with Crippen molar-refractivity contribution >= 4 is 28.5 Å². The average molecular weight is 268 g/mol. The fraction of sp³-hybridized carbons (Fsp3) is 0.167. The highest BCUT2D eigenvalue weighted by molar-refractivity contribution is 6.35. The first-order valence-corrected chi connectivity index (χ1v) is 5.40. The molecule has 0 atom stereocenters. The normalized spacial score (nSPS) is 10.4. The minimum atomic E-state index is -1.14. The summed E-state index contributed by atoms with van der Waals surface area (Å²) in [5.41, 5.74) is 0.263. The Balaban J connectivity index is 2.82. The predicted molar refractivity (Wildman–Crippen MR) is 66.8 cm³/mol. The lowest BCUT2D eigenvalue weighted by Gasteiger charge is -2.09. The molecule has 1 N–H and O–H groups in total. The largest absolute Gasteiger partial charge is 0.497 e. The summed E-state index contributed by atoms with van der Waals surface area (Å²) < 4.78 is 10.3. The van der Waals surface area contributed by atoms with Gasteiger partial charge in [-0.05, 0) is 12.1 Å². The third kappa shape index (κ3) is 2.04. The monoisotopic (exact) mass is 267 g/mol. The summed E-state index contributed by atoms with van der Waals surface area (Å²) in [6, 6.07) is 4.60. The molecule has 1 heterocycles. The van der Waals surface area contributed by atoms with Gasteiger partial charge in [-0.1, -0.05) is 11.6 Å². The molecule has 0 unspecified atom stereocenters. The van der Waals surface area contributed by atoms with E-state index in [1.807, 2.05) is 0 Å². The standard InChI is InChI=1S/C12H10ClNO4/c1-17-6-3-7-8(13)5-9(12(15)16)14-11(7)10(4-6)18-2/h3-5H,1-2H3,(H,15,16). The molecule has 0 spiro atoms. The van der Waals surface area contributed by atoms with Crippen molar-refractivity contribution in [3.05, 3.63) is 28.9 Å². The Hall–Kier alpha value is -2.01. The minimum absolute atomic E-state index is 0.129. The molecule has 0 bridgehead atoms. The van der Waals surface area contributed by atoms with Crippen molar-refractivity contribution in [2.24, 2.45) is 0 Å². The second-order valence-corrected chi connectivity index (χ2v) is 3.93. The Morgan fingerprint density at radius 1 is 1.28 bits per heavy atom. The molecule has 0 aliphatic heterocycles. The molecule has 0 saturated carbocycles. The Bertz CT molecular complexity index is 627.